The van der Waals surface area contributed by atoms with Crippen LogP contribution in [-0.4, -0.2) is 22.2 Å². The molecule has 0 bridgehead atoms. The highest BCUT2D eigenvalue weighted by Crippen LogP contribution is 2.22. The van der Waals surface area contributed by atoms with Gasteiger partial charge >= 0.3 is 0 Å². The molecule has 1 aliphatic heterocycles. The number of nitrogens with zero attached hydrogens (tertiary/aromatic N) is 3. The van der Waals surface area contributed by atoms with Gasteiger partial charge in [0.05, 0.1) is 11.7 Å². The van der Waals surface area contributed by atoms with Gasteiger partial charge in [-0.25, -0.2) is 0 Å². The maximum Gasteiger partial charge on any atom is 0.227 e. The molecule has 0 atom stereocenters. The van der Waals surface area contributed by atoms with Crippen LogP contribution in [0.1, 0.15) is 44.7 Å². The number of aromatic nitrogens is 2. The Kier molecular flexibility index (Phi) is 6.25. The summed E-state index contributed by atoms with van der Waals surface area (Å²) >= 11 is 0. The molecular weight excluding hydrogens is 336 g/mol. The fourth-order valence-electron chi connectivity index (χ4n) is 2.92. The quantitative estimate of drug-likeness (QED) is 0.885. The monoisotopic (exact) mass is 362 g/mol. The standard InChI is InChI=1S/C19H26N4O.ClH/c1-19(2,3)23-14-16(13-21-23)12-20-11-15-6-4-7-17(10-15)22-9-5-8-18(22)24;/h4,6-7,10,13-14,20H,5,8-9,11-12H2,1-3H3;1H. The van der Waals surface area contributed by atoms with Gasteiger partial charge < -0.3 is 10.2 Å². The second kappa shape index (κ2) is 8.02. The third-order valence-corrected chi connectivity index (χ3v) is 4.28. The van der Waals surface area contributed by atoms with Gasteiger partial charge in [-0.1, -0.05) is 12.1 Å². The van der Waals surface area contributed by atoms with Crippen LogP contribution in [0.3, 0.4) is 0 Å². The molecule has 0 unspecified atom stereocenters. The first kappa shape index (κ1) is 19.5. The number of halogens is 1. The van der Waals surface area contributed by atoms with Crippen molar-refractivity contribution in [2.75, 3.05) is 11.4 Å². The number of carbonyl (C=O) groups excluding carboxylic acids is 1. The summed E-state index contributed by atoms with van der Waals surface area (Å²) in [6.45, 7) is 8.81. The van der Waals surface area contributed by atoms with E-state index >= 15 is 0 Å². The fourth-order valence-corrected chi connectivity index (χ4v) is 2.92. The van der Waals surface area contributed by atoms with Gasteiger partial charge in [-0.3, -0.25) is 9.48 Å². The highest BCUT2D eigenvalue weighted by Gasteiger charge is 2.21. The first-order valence-corrected chi connectivity index (χ1v) is 8.57. The molecule has 0 saturated carbocycles. The summed E-state index contributed by atoms with van der Waals surface area (Å²) in [6, 6.07) is 8.24. The molecule has 1 aromatic carbocycles. The summed E-state index contributed by atoms with van der Waals surface area (Å²) in [4.78, 5) is 13.8. The summed E-state index contributed by atoms with van der Waals surface area (Å²) in [7, 11) is 0. The van der Waals surface area contributed by atoms with Crippen molar-refractivity contribution in [2.24, 2.45) is 0 Å². The van der Waals surface area contributed by atoms with Crippen LogP contribution in [0.4, 0.5) is 5.69 Å². The number of anilines is 1. The maximum absolute atomic E-state index is 11.9. The van der Waals surface area contributed by atoms with Crippen LogP contribution in [-0.2, 0) is 23.4 Å². The lowest BCUT2D eigenvalue weighted by atomic mass is 10.1. The van der Waals surface area contributed by atoms with Crippen LogP contribution in [0, 0.1) is 0 Å². The molecule has 6 heteroatoms. The van der Waals surface area contributed by atoms with E-state index in [0.29, 0.717) is 6.42 Å². The van der Waals surface area contributed by atoms with Gasteiger partial charge in [0, 0.05) is 43.5 Å². The second-order valence-electron chi connectivity index (χ2n) is 7.39. The normalized spacial score (nSPS) is 14.7. The average Bonchev–Trinajstić information content (AvgIpc) is 3.16. The number of hydrogen-bond acceptors (Lipinski definition) is 3. The molecule has 2 heterocycles. The largest absolute Gasteiger partial charge is 0.312 e. The second-order valence-corrected chi connectivity index (χ2v) is 7.39. The van der Waals surface area contributed by atoms with Gasteiger partial charge in [-0.2, -0.15) is 5.10 Å². The van der Waals surface area contributed by atoms with E-state index in [1.807, 2.05) is 27.9 Å². The first-order chi connectivity index (χ1) is 11.4. The van der Waals surface area contributed by atoms with Crippen LogP contribution in [0.5, 0.6) is 0 Å². The molecule has 0 spiro atoms. The SMILES string of the molecule is CC(C)(C)n1cc(CNCc2cccc(N3CCCC3=O)c2)cn1.Cl. The van der Waals surface area contributed by atoms with E-state index in [1.165, 1.54) is 11.1 Å². The van der Waals surface area contributed by atoms with Crippen LogP contribution in [0.15, 0.2) is 36.7 Å². The van der Waals surface area contributed by atoms with Crippen molar-refractivity contribution < 1.29 is 4.79 Å². The van der Waals surface area contributed by atoms with Crippen LogP contribution >= 0.6 is 12.4 Å². The van der Waals surface area contributed by atoms with Crippen LogP contribution in [0.2, 0.25) is 0 Å². The van der Waals surface area contributed by atoms with Crippen LogP contribution < -0.4 is 10.2 Å². The Balaban J connectivity index is 0.00000225. The molecule has 2 aromatic rings. The Morgan fingerprint density at radius 2 is 1.96 bits per heavy atom. The summed E-state index contributed by atoms with van der Waals surface area (Å²) < 4.78 is 1.99. The van der Waals surface area contributed by atoms with E-state index in [1.54, 1.807) is 0 Å². The number of rotatable bonds is 5. The van der Waals surface area contributed by atoms with Gasteiger partial charge in [0.1, 0.15) is 0 Å². The summed E-state index contributed by atoms with van der Waals surface area (Å²) in [6.07, 6.45) is 5.63. The lowest BCUT2D eigenvalue weighted by molar-refractivity contribution is -0.117. The third-order valence-electron chi connectivity index (χ3n) is 4.28. The molecule has 1 fully saturated rings. The number of hydrogen-bond donors (Lipinski definition) is 1. The number of nitrogens with one attached hydrogen (secondary N) is 1. The van der Waals surface area contributed by atoms with Crippen LogP contribution in [0.25, 0.3) is 0 Å². The van der Waals surface area contributed by atoms with E-state index in [4.69, 9.17) is 0 Å². The Morgan fingerprint density at radius 1 is 1.20 bits per heavy atom. The minimum atomic E-state index is 0. The molecule has 1 saturated heterocycles. The summed E-state index contributed by atoms with van der Waals surface area (Å²) in [5.74, 6) is 0.231. The molecule has 25 heavy (non-hydrogen) atoms. The number of benzene rings is 1. The molecule has 1 aromatic heterocycles. The van der Waals surface area contributed by atoms with Gasteiger partial charge in [-0.05, 0) is 44.9 Å². The highest BCUT2D eigenvalue weighted by atomic mass is 35.5. The number of carbonyl (C=O) groups is 1. The average molecular weight is 363 g/mol. The zero-order chi connectivity index (χ0) is 17.2. The smallest absolute Gasteiger partial charge is 0.227 e. The molecular formula is C19H27ClN4O. The van der Waals surface area contributed by atoms with Crippen molar-refractivity contribution in [2.45, 2.75) is 52.2 Å². The predicted octanol–water partition coefficient (Wildman–Crippen LogP) is 3.48. The highest BCUT2D eigenvalue weighted by molar-refractivity contribution is 5.95. The van der Waals surface area contributed by atoms with E-state index in [9.17, 15) is 4.79 Å². The van der Waals surface area contributed by atoms with Crippen molar-refractivity contribution in [3.8, 4) is 0 Å². The number of amides is 1. The fraction of sp³-hybridized carbons (Fsp3) is 0.474. The Morgan fingerprint density at radius 3 is 2.60 bits per heavy atom. The molecule has 3 rings (SSSR count). The van der Waals surface area contributed by atoms with E-state index in [-0.39, 0.29) is 23.9 Å². The van der Waals surface area contributed by atoms with Crippen molar-refractivity contribution in [1.82, 2.24) is 15.1 Å². The maximum atomic E-state index is 11.9. The van der Waals surface area contributed by atoms with Crippen molar-refractivity contribution in [1.29, 1.82) is 0 Å². The molecule has 1 aliphatic rings. The minimum absolute atomic E-state index is 0. The Hall–Kier alpha value is -1.85. The van der Waals surface area contributed by atoms with Gasteiger partial charge in [0.15, 0.2) is 0 Å². The molecule has 1 N–H and O–H groups in total. The zero-order valence-electron chi connectivity index (χ0n) is 15.2. The van der Waals surface area contributed by atoms with E-state index in [2.05, 4.69) is 49.5 Å². The van der Waals surface area contributed by atoms with E-state index < -0.39 is 0 Å². The molecule has 136 valence electrons. The Bertz CT molecular complexity index is 720. The van der Waals surface area contributed by atoms with Gasteiger partial charge in [0.25, 0.3) is 0 Å². The summed E-state index contributed by atoms with van der Waals surface area (Å²) in [5.41, 5.74) is 3.39. The molecule has 1 amide bonds. The first-order valence-electron chi connectivity index (χ1n) is 8.57. The van der Waals surface area contributed by atoms with E-state index in [0.717, 1.165) is 31.7 Å². The third kappa shape index (κ3) is 4.83. The zero-order valence-corrected chi connectivity index (χ0v) is 16.0. The van der Waals surface area contributed by atoms with Crippen molar-refractivity contribution >= 4 is 24.0 Å². The van der Waals surface area contributed by atoms with Gasteiger partial charge in [0.2, 0.25) is 5.91 Å². The minimum Gasteiger partial charge on any atom is -0.312 e. The summed E-state index contributed by atoms with van der Waals surface area (Å²) in [5, 5.41) is 7.88. The molecule has 0 radical (unpaired) electrons. The van der Waals surface area contributed by atoms with Gasteiger partial charge in [-0.15, -0.1) is 12.4 Å². The van der Waals surface area contributed by atoms with Crippen molar-refractivity contribution in [3.63, 3.8) is 0 Å². The predicted molar refractivity (Wildman–Crippen MR) is 103 cm³/mol. The van der Waals surface area contributed by atoms with Crippen molar-refractivity contribution in [3.05, 3.63) is 47.8 Å². The lowest BCUT2D eigenvalue weighted by Gasteiger charge is -2.18. The topological polar surface area (TPSA) is 50.2 Å². The Labute approximate surface area is 155 Å². The lowest BCUT2D eigenvalue weighted by Crippen LogP contribution is -2.24. The molecule has 0 aliphatic carbocycles. The molecule has 5 nitrogen and oxygen atoms in total.